The van der Waals surface area contributed by atoms with Crippen LogP contribution in [-0.4, -0.2) is 23.3 Å². The molecule has 0 saturated heterocycles. The van der Waals surface area contributed by atoms with Crippen molar-refractivity contribution in [1.82, 2.24) is 0 Å². The number of nitrogens with zero attached hydrogens (tertiary/aromatic N) is 1. The molecule has 4 heteroatoms. The van der Waals surface area contributed by atoms with Gasteiger partial charge in [0.05, 0.1) is 6.61 Å². The Hall–Kier alpha value is -1.08. The molecule has 4 saturated carbocycles. The molecule has 104 valence electrons. The number of carbonyl (C=O) groups is 1. The molecule has 4 aliphatic rings. The smallest absolute Gasteiger partial charge is 0.353 e. The highest BCUT2D eigenvalue weighted by Gasteiger charge is 2.64. The number of hydrogen-bond acceptors (Lipinski definition) is 4. The summed E-state index contributed by atoms with van der Waals surface area (Å²) in [7, 11) is 0. The summed E-state index contributed by atoms with van der Waals surface area (Å²) < 4.78 is 4.98. The molecule has 0 radical (unpaired) electrons. The lowest BCUT2D eigenvalue weighted by atomic mass is 9.45. The second-order valence-corrected chi connectivity index (χ2v) is 6.74. The molecule has 1 N–H and O–H groups in total. The normalized spacial score (nSPS) is 42.5. The third-order valence-electron chi connectivity index (χ3n) is 5.54. The lowest BCUT2D eigenvalue weighted by Crippen LogP contribution is -2.61. The molecule has 4 aliphatic carbocycles. The molecule has 0 aromatic rings. The van der Waals surface area contributed by atoms with E-state index in [1.54, 1.807) is 6.92 Å². The monoisotopic (exact) mass is 263 g/mol. The quantitative estimate of drug-likeness (QED) is 0.624. The second-order valence-electron chi connectivity index (χ2n) is 6.74. The van der Waals surface area contributed by atoms with Crippen molar-refractivity contribution in [1.29, 1.82) is 5.26 Å². The number of nitriles is 1. The maximum absolute atomic E-state index is 12.1. The topological polar surface area (TPSA) is 70.3 Å². The van der Waals surface area contributed by atoms with Gasteiger partial charge in [-0.3, -0.25) is 0 Å². The number of carbonyl (C=O) groups excluding carboxylic acids is 1. The van der Waals surface area contributed by atoms with Gasteiger partial charge in [0, 0.05) is 5.41 Å². The summed E-state index contributed by atoms with van der Waals surface area (Å²) in [5.74, 6) is 1.01. The molecule has 1 atom stereocenters. The van der Waals surface area contributed by atoms with Crippen LogP contribution in [0.25, 0.3) is 0 Å². The molecule has 4 rings (SSSR count). The number of esters is 1. The van der Waals surface area contributed by atoms with Gasteiger partial charge in [-0.2, -0.15) is 5.26 Å². The predicted molar refractivity (Wildman–Crippen MR) is 67.8 cm³/mol. The van der Waals surface area contributed by atoms with Gasteiger partial charge in [-0.1, -0.05) is 0 Å². The van der Waals surface area contributed by atoms with E-state index in [0.29, 0.717) is 17.8 Å². The van der Waals surface area contributed by atoms with Gasteiger partial charge >= 0.3 is 5.97 Å². The van der Waals surface area contributed by atoms with Crippen molar-refractivity contribution in [2.75, 3.05) is 6.61 Å². The van der Waals surface area contributed by atoms with E-state index in [2.05, 4.69) is 0 Å². The van der Waals surface area contributed by atoms with E-state index in [9.17, 15) is 15.2 Å². The first-order valence-electron chi connectivity index (χ1n) is 7.34. The number of ether oxygens (including phenoxy) is 1. The zero-order valence-corrected chi connectivity index (χ0v) is 11.4. The van der Waals surface area contributed by atoms with Crippen LogP contribution in [0.1, 0.15) is 45.4 Å². The first kappa shape index (κ1) is 12.9. The molecule has 4 fully saturated rings. The van der Waals surface area contributed by atoms with Crippen LogP contribution in [0.3, 0.4) is 0 Å². The van der Waals surface area contributed by atoms with E-state index in [-0.39, 0.29) is 6.61 Å². The molecule has 0 spiro atoms. The first-order valence-corrected chi connectivity index (χ1v) is 7.34. The van der Waals surface area contributed by atoms with Gasteiger partial charge in [-0.15, -0.1) is 0 Å². The third kappa shape index (κ3) is 1.71. The van der Waals surface area contributed by atoms with Crippen molar-refractivity contribution >= 4 is 5.97 Å². The fourth-order valence-corrected chi connectivity index (χ4v) is 5.17. The molecular formula is C15H21NO3. The highest BCUT2D eigenvalue weighted by Crippen LogP contribution is 2.63. The average molecular weight is 263 g/mol. The van der Waals surface area contributed by atoms with Gasteiger partial charge in [-0.05, 0) is 63.2 Å². The molecule has 0 heterocycles. The summed E-state index contributed by atoms with van der Waals surface area (Å²) in [4.78, 5) is 12.1. The molecule has 4 nitrogen and oxygen atoms in total. The Morgan fingerprint density at radius 2 is 1.79 bits per heavy atom. The molecule has 0 aromatic heterocycles. The third-order valence-corrected chi connectivity index (χ3v) is 5.54. The summed E-state index contributed by atoms with van der Waals surface area (Å²) in [6.07, 6.45) is 6.06. The number of rotatable bonds is 3. The zero-order valence-electron chi connectivity index (χ0n) is 11.4. The molecule has 0 aliphatic heterocycles. The molecule has 0 aromatic carbocycles. The van der Waals surface area contributed by atoms with Gasteiger partial charge in [0.2, 0.25) is 0 Å². The van der Waals surface area contributed by atoms with E-state index < -0.39 is 17.0 Å². The molecule has 19 heavy (non-hydrogen) atoms. The minimum Gasteiger partial charge on any atom is -0.463 e. The van der Waals surface area contributed by atoms with Gasteiger partial charge in [0.25, 0.3) is 5.60 Å². The molecule has 4 bridgehead atoms. The van der Waals surface area contributed by atoms with E-state index in [1.165, 1.54) is 19.3 Å². The maximum atomic E-state index is 12.1. The van der Waals surface area contributed by atoms with Crippen LogP contribution in [0, 0.1) is 34.5 Å². The molecule has 1 unspecified atom stereocenters. The molecular weight excluding hydrogens is 242 g/mol. The van der Waals surface area contributed by atoms with Crippen LogP contribution < -0.4 is 0 Å². The zero-order chi connectivity index (χ0) is 13.7. The van der Waals surface area contributed by atoms with Crippen LogP contribution in [0.5, 0.6) is 0 Å². The minimum atomic E-state index is -1.95. The van der Waals surface area contributed by atoms with Crippen molar-refractivity contribution in [2.45, 2.75) is 51.0 Å². The fraction of sp³-hybridized carbons (Fsp3) is 0.867. The van der Waals surface area contributed by atoms with Crippen LogP contribution in [0.2, 0.25) is 0 Å². The fourth-order valence-electron chi connectivity index (χ4n) is 5.17. The summed E-state index contributed by atoms with van der Waals surface area (Å²) in [6.45, 7) is 1.91. The Morgan fingerprint density at radius 1 is 1.32 bits per heavy atom. The summed E-state index contributed by atoms with van der Waals surface area (Å²) in [6, 6.07) is 1.90. The Morgan fingerprint density at radius 3 is 2.16 bits per heavy atom. The Bertz CT molecular complexity index is 404. The van der Waals surface area contributed by atoms with E-state index in [1.807, 2.05) is 6.07 Å². The highest BCUT2D eigenvalue weighted by atomic mass is 16.5. The Labute approximate surface area is 113 Å². The van der Waals surface area contributed by atoms with Crippen molar-refractivity contribution in [3.8, 4) is 6.07 Å². The van der Waals surface area contributed by atoms with Gasteiger partial charge in [0.1, 0.15) is 6.07 Å². The van der Waals surface area contributed by atoms with Crippen LogP contribution in [0.15, 0.2) is 0 Å². The van der Waals surface area contributed by atoms with Gasteiger partial charge < -0.3 is 9.84 Å². The summed E-state index contributed by atoms with van der Waals surface area (Å²) in [5, 5.41) is 20.2. The highest BCUT2D eigenvalue weighted by molar-refractivity contribution is 5.84. The van der Waals surface area contributed by atoms with E-state index >= 15 is 0 Å². The lowest BCUT2D eigenvalue weighted by molar-refractivity contribution is -0.193. The van der Waals surface area contributed by atoms with Crippen molar-refractivity contribution in [3.63, 3.8) is 0 Å². The standard InChI is InChI=1S/C15H21NO3/c1-2-19-13(17)15(18,9-16)14-6-10-3-11(7-14)5-12(4-10)8-14/h10-12,18H,2-8H2,1H3. The van der Waals surface area contributed by atoms with Crippen molar-refractivity contribution in [3.05, 3.63) is 0 Å². The van der Waals surface area contributed by atoms with Crippen molar-refractivity contribution < 1.29 is 14.6 Å². The van der Waals surface area contributed by atoms with E-state index in [4.69, 9.17) is 4.74 Å². The lowest BCUT2D eigenvalue weighted by Gasteiger charge is -2.59. The Balaban J connectivity index is 1.95. The number of hydrogen-bond donors (Lipinski definition) is 1. The second kappa shape index (κ2) is 4.21. The predicted octanol–water partition coefficient (Wildman–Crippen LogP) is 2.02. The van der Waals surface area contributed by atoms with Gasteiger partial charge in [-0.25, -0.2) is 4.79 Å². The molecule has 0 amide bonds. The minimum absolute atomic E-state index is 0.204. The SMILES string of the molecule is CCOC(=O)C(O)(C#N)C12CC3CC(CC(C3)C1)C2. The summed E-state index contributed by atoms with van der Waals surface area (Å²) >= 11 is 0. The van der Waals surface area contributed by atoms with Crippen LogP contribution in [0.4, 0.5) is 0 Å². The van der Waals surface area contributed by atoms with E-state index in [0.717, 1.165) is 19.3 Å². The van der Waals surface area contributed by atoms with Gasteiger partial charge in [0.15, 0.2) is 0 Å². The largest absolute Gasteiger partial charge is 0.463 e. The number of aliphatic hydroxyl groups is 1. The average Bonchev–Trinajstić information content (AvgIpc) is 2.36. The van der Waals surface area contributed by atoms with Crippen LogP contribution in [-0.2, 0) is 9.53 Å². The van der Waals surface area contributed by atoms with Crippen molar-refractivity contribution in [2.24, 2.45) is 23.2 Å². The first-order chi connectivity index (χ1) is 9.03. The maximum Gasteiger partial charge on any atom is 0.353 e. The summed E-state index contributed by atoms with van der Waals surface area (Å²) in [5.41, 5.74) is -2.50. The van der Waals surface area contributed by atoms with Crippen LogP contribution >= 0.6 is 0 Å². The Kier molecular flexibility index (Phi) is 2.86.